The highest BCUT2D eigenvalue weighted by atomic mass is 16.5. The second kappa shape index (κ2) is 8.99. The molecule has 1 saturated heterocycles. The average molecular weight is 424 g/mol. The van der Waals surface area contributed by atoms with E-state index in [1.54, 1.807) is 4.90 Å². The van der Waals surface area contributed by atoms with E-state index in [1.807, 2.05) is 32.0 Å². The van der Waals surface area contributed by atoms with Gasteiger partial charge in [0.15, 0.2) is 0 Å². The lowest BCUT2D eigenvalue weighted by molar-refractivity contribution is -0.122. The molecule has 1 unspecified atom stereocenters. The number of methoxy groups -OCH3 is 2. The van der Waals surface area contributed by atoms with Gasteiger partial charge in [-0.25, -0.2) is 9.59 Å². The number of rotatable bonds is 5. The maximum atomic E-state index is 12.9. The van der Waals surface area contributed by atoms with Crippen LogP contribution in [0.1, 0.15) is 38.3 Å². The molecule has 2 aromatic rings. The Balaban J connectivity index is 1.80. The number of amides is 2. The van der Waals surface area contributed by atoms with Gasteiger partial charge in [0.25, 0.3) is 0 Å². The smallest absolute Gasteiger partial charge is 0.337 e. The maximum Gasteiger partial charge on any atom is 0.337 e. The highest BCUT2D eigenvalue weighted by molar-refractivity contribution is 6.05. The van der Waals surface area contributed by atoms with E-state index in [4.69, 9.17) is 9.47 Å². The molecule has 0 aromatic heterocycles. The van der Waals surface area contributed by atoms with Crippen molar-refractivity contribution < 1.29 is 28.7 Å². The zero-order valence-electron chi connectivity index (χ0n) is 17.9. The summed E-state index contributed by atoms with van der Waals surface area (Å²) in [5.41, 5.74) is 3.26. The monoisotopic (exact) mass is 424 g/mol. The number of nitrogens with zero attached hydrogens (tertiary/aromatic N) is 1. The molecule has 8 nitrogen and oxygen atoms in total. The summed E-state index contributed by atoms with van der Waals surface area (Å²) in [4.78, 5) is 50.9. The van der Waals surface area contributed by atoms with Crippen LogP contribution in [0.15, 0.2) is 36.4 Å². The topological polar surface area (TPSA) is 102 Å². The lowest BCUT2D eigenvalue weighted by Crippen LogP contribution is -2.28. The zero-order valence-corrected chi connectivity index (χ0v) is 17.9. The van der Waals surface area contributed by atoms with Crippen molar-refractivity contribution >= 4 is 35.1 Å². The van der Waals surface area contributed by atoms with Gasteiger partial charge in [0, 0.05) is 24.3 Å². The predicted molar refractivity (Wildman–Crippen MR) is 114 cm³/mol. The summed E-state index contributed by atoms with van der Waals surface area (Å²) in [5, 5.41) is 2.70. The van der Waals surface area contributed by atoms with Gasteiger partial charge in [-0.1, -0.05) is 6.07 Å². The minimum Gasteiger partial charge on any atom is -0.465 e. The second-order valence-corrected chi connectivity index (χ2v) is 7.52. The second-order valence-electron chi connectivity index (χ2n) is 7.52. The summed E-state index contributed by atoms with van der Waals surface area (Å²) in [6.07, 6.45) is 0.0688. The minimum atomic E-state index is -0.654. The van der Waals surface area contributed by atoms with Crippen LogP contribution >= 0.6 is 0 Å². The largest absolute Gasteiger partial charge is 0.465 e. The van der Waals surface area contributed by atoms with Gasteiger partial charge in [0.2, 0.25) is 11.8 Å². The lowest BCUT2D eigenvalue weighted by Gasteiger charge is -2.18. The van der Waals surface area contributed by atoms with Crippen molar-refractivity contribution in [1.82, 2.24) is 0 Å². The molecule has 0 aliphatic carbocycles. The van der Waals surface area contributed by atoms with Gasteiger partial charge in [-0.3, -0.25) is 9.59 Å². The van der Waals surface area contributed by atoms with Crippen LogP contribution < -0.4 is 10.2 Å². The van der Waals surface area contributed by atoms with Crippen molar-refractivity contribution in [3.05, 3.63) is 58.7 Å². The first kappa shape index (κ1) is 22.0. The summed E-state index contributed by atoms with van der Waals surface area (Å²) < 4.78 is 9.41. The Kier molecular flexibility index (Phi) is 6.39. The van der Waals surface area contributed by atoms with Crippen LogP contribution in [0.2, 0.25) is 0 Å². The van der Waals surface area contributed by atoms with Crippen molar-refractivity contribution in [1.29, 1.82) is 0 Å². The Bertz CT molecular complexity index is 1010. The van der Waals surface area contributed by atoms with E-state index in [0.29, 0.717) is 0 Å². The number of nitrogens with one attached hydrogen (secondary N) is 1. The third kappa shape index (κ3) is 4.91. The van der Waals surface area contributed by atoms with Crippen LogP contribution in [0, 0.1) is 19.8 Å². The molecule has 1 N–H and O–H groups in total. The molecule has 162 valence electrons. The standard InChI is InChI=1S/C23H24N2O6/c1-13-5-14(2)7-19(6-13)25-12-17(11-20(25)26)21(27)24-18-9-15(22(28)30-3)8-16(10-18)23(29)31-4/h5-10,17H,11-12H2,1-4H3,(H,24,27). The highest BCUT2D eigenvalue weighted by Crippen LogP contribution is 2.28. The van der Waals surface area contributed by atoms with Gasteiger partial charge in [-0.05, 0) is 55.3 Å². The Labute approximate surface area is 180 Å². The predicted octanol–water partition coefficient (Wildman–Crippen LogP) is 2.87. The van der Waals surface area contributed by atoms with Crippen LogP contribution in [-0.4, -0.2) is 44.5 Å². The van der Waals surface area contributed by atoms with Crippen LogP contribution in [0.4, 0.5) is 11.4 Å². The molecule has 1 heterocycles. The summed E-state index contributed by atoms with van der Waals surface area (Å²) in [6, 6.07) is 9.99. The lowest BCUT2D eigenvalue weighted by atomic mass is 10.1. The van der Waals surface area contributed by atoms with E-state index < -0.39 is 17.9 Å². The number of anilines is 2. The van der Waals surface area contributed by atoms with Crippen molar-refractivity contribution in [3.8, 4) is 0 Å². The number of carbonyl (C=O) groups is 4. The molecule has 0 bridgehead atoms. The number of hydrogen-bond donors (Lipinski definition) is 1. The van der Waals surface area contributed by atoms with Crippen molar-refractivity contribution in [3.63, 3.8) is 0 Å². The average Bonchev–Trinajstić information content (AvgIpc) is 3.13. The van der Waals surface area contributed by atoms with Gasteiger partial charge in [0.05, 0.1) is 31.3 Å². The fourth-order valence-electron chi connectivity index (χ4n) is 3.65. The zero-order chi connectivity index (χ0) is 22.7. The number of esters is 2. The summed E-state index contributed by atoms with van der Waals surface area (Å²) in [7, 11) is 2.44. The number of benzene rings is 2. The van der Waals surface area contributed by atoms with Gasteiger partial charge < -0.3 is 19.7 Å². The summed E-state index contributed by atoms with van der Waals surface area (Å²) in [6.45, 7) is 4.15. The fourth-order valence-corrected chi connectivity index (χ4v) is 3.65. The number of carbonyl (C=O) groups excluding carboxylic acids is 4. The number of ether oxygens (including phenoxy) is 2. The molecule has 1 atom stereocenters. The van der Waals surface area contributed by atoms with E-state index in [0.717, 1.165) is 16.8 Å². The molecular weight excluding hydrogens is 400 g/mol. The maximum absolute atomic E-state index is 12.9. The fraction of sp³-hybridized carbons (Fsp3) is 0.304. The molecule has 0 spiro atoms. The SMILES string of the molecule is COC(=O)c1cc(NC(=O)C2CC(=O)N(c3cc(C)cc(C)c3)C2)cc(C(=O)OC)c1. The third-order valence-electron chi connectivity index (χ3n) is 5.06. The first-order chi connectivity index (χ1) is 14.7. The molecule has 8 heteroatoms. The minimum absolute atomic E-state index is 0.0688. The quantitative estimate of drug-likeness (QED) is 0.741. The van der Waals surface area contributed by atoms with Gasteiger partial charge >= 0.3 is 11.9 Å². The highest BCUT2D eigenvalue weighted by Gasteiger charge is 2.35. The molecule has 0 radical (unpaired) electrons. The molecule has 2 amide bonds. The third-order valence-corrected chi connectivity index (χ3v) is 5.06. The molecule has 3 rings (SSSR count). The number of aryl methyl sites for hydroxylation is 2. The molecule has 2 aromatic carbocycles. The Morgan fingerprint density at radius 1 is 0.903 bits per heavy atom. The van der Waals surface area contributed by atoms with Crippen molar-refractivity contribution in [2.75, 3.05) is 31.0 Å². The van der Waals surface area contributed by atoms with Crippen LogP contribution in [0.3, 0.4) is 0 Å². The van der Waals surface area contributed by atoms with E-state index in [2.05, 4.69) is 5.32 Å². The summed E-state index contributed by atoms with van der Waals surface area (Å²) in [5.74, 6) is -2.39. The first-order valence-electron chi connectivity index (χ1n) is 9.73. The van der Waals surface area contributed by atoms with Crippen LogP contribution in [-0.2, 0) is 19.1 Å². The van der Waals surface area contributed by atoms with E-state index in [-0.39, 0.29) is 41.6 Å². The Hall–Kier alpha value is -3.68. The molecule has 1 aliphatic heterocycles. The van der Waals surface area contributed by atoms with E-state index >= 15 is 0 Å². The van der Waals surface area contributed by atoms with Gasteiger partial charge in [-0.2, -0.15) is 0 Å². The number of hydrogen-bond acceptors (Lipinski definition) is 6. The van der Waals surface area contributed by atoms with E-state index in [1.165, 1.54) is 32.4 Å². The van der Waals surface area contributed by atoms with E-state index in [9.17, 15) is 19.2 Å². The van der Waals surface area contributed by atoms with Gasteiger partial charge in [-0.15, -0.1) is 0 Å². The molecule has 1 fully saturated rings. The molecule has 31 heavy (non-hydrogen) atoms. The normalized spacial score (nSPS) is 15.5. The Morgan fingerprint density at radius 2 is 1.45 bits per heavy atom. The molecule has 0 saturated carbocycles. The van der Waals surface area contributed by atoms with Crippen LogP contribution in [0.25, 0.3) is 0 Å². The molecular formula is C23H24N2O6. The summed E-state index contributed by atoms with van der Waals surface area (Å²) >= 11 is 0. The van der Waals surface area contributed by atoms with Crippen molar-refractivity contribution in [2.24, 2.45) is 5.92 Å². The first-order valence-corrected chi connectivity index (χ1v) is 9.73. The van der Waals surface area contributed by atoms with Crippen molar-refractivity contribution in [2.45, 2.75) is 20.3 Å². The Morgan fingerprint density at radius 3 is 1.97 bits per heavy atom. The van der Waals surface area contributed by atoms with Gasteiger partial charge in [0.1, 0.15) is 0 Å². The molecule has 1 aliphatic rings. The van der Waals surface area contributed by atoms with Crippen LogP contribution in [0.5, 0.6) is 0 Å².